The molecule has 120 valence electrons. The largest absolute Gasteiger partial charge is 0.399 e. The lowest BCUT2D eigenvalue weighted by Gasteiger charge is -2.56. The Hall–Kier alpha value is -1.07. The summed E-state index contributed by atoms with van der Waals surface area (Å²) >= 11 is 0. The molecule has 5 heteroatoms. The Balaban J connectivity index is 1.49. The van der Waals surface area contributed by atoms with Gasteiger partial charge in [0.15, 0.2) is 0 Å². The first-order valence-electron chi connectivity index (χ1n) is 8.29. The van der Waals surface area contributed by atoms with Crippen LogP contribution in [-0.4, -0.2) is 15.0 Å². The highest BCUT2D eigenvalue weighted by Gasteiger charge is 2.50. The Labute approximate surface area is 132 Å². The number of nitrogens with one attached hydrogen (secondary N) is 1. The molecule has 1 aromatic rings. The zero-order valence-electron chi connectivity index (χ0n) is 12.8. The molecule has 0 aromatic heterocycles. The standard InChI is InChI=1S/C17H24N2O2S/c18-15-1-3-16(4-2-15)22(20,21)19-11-17-8-12-5-13(9-17)7-14(6-12)10-17/h1-4,12-14,19H,5-11,18H2. The zero-order chi connectivity index (χ0) is 15.4. The van der Waals surface area contributed by atoms with Crippen LogP contribution in [0.3, 0.4) is 0 Å². The first-order chi connectivity index (χ1) is 10.4. The molecule has 4 aliphatic rings. The summed E-state index contributed by atoms with van der Waals surface area (Å²) in [5.74, 6) is 2.52. The highest BCUT2D eigenvalue weighted by molar-refractivity contribution is 7.89. The fourth-order valence-electron chi connectivity index (χ4n) is 5.48. The van der Waals surface area contributed by atoms with Crippen molar-refractivity contribution in [3.05, 3.63) is 24.3 Å². The molecule has 0 spiro atoms. The average Bonchev–Trinajstić information content (AvgIpc) is 2.45. The van der Waals surface area contributed by atoms with Crippen molar-refractivity contribution in [2.24, 2.45) is 23.2 Å². The highest BCUT2D eigenvalue weighted by Crippen LogP contribution is 2.59. The molecule has 4 aliphatic carbocycles. The minimum atomic E-state index is -3.43. The molecule has 4 fully saturated rings. The van der Waals surface area contributed by atoms with Crippen LogP contribution in [0.25, 0.3) is 0 Å². The van der Waals surface area contributed by atoms with Gasteiger partial charge in [-0.25, -0.2) is 13.1 Å². The number of nitrogen functional groups attached to an aromatic ring is 1. The Morgan fingerprint density at radius 1 is 1.00 bits per heavy atom. The van der Waals surface area contributed by atoms with Gasteiger partial charge in [-0.05, 0) is 86.0 Å². The van der Waals surface area contributed by atoms with Crippen LogP contribution in [0.5, 0.6) is 0 Å². The lowest BCUT2D eigenvalue weighted by molar-refractivity contribution is -0.0487. The first kappa shape index (κ1) is 14.5. The number of hydrogen-bond acceptors (Lipinski definition) is 3. The van der Waals surface area contributed by atoms with Crippen molar-refractivity contribution in [3.8, 4) is 0 Å². The molecule has 22 heavy (non-hydrogen) atoms. The number of anilines is 1. The smallest absolute Gasteiger partial charge is 0.240 e. The molecule has 3 N–H and O–H groups in total. The predicted octanol–water partition coefficient (Wildman–Crippen LogP) is 2.76. The molecule has 0 radical (unpaired) electrons. The van der Waals surface area contributed by atoms with Gasteiger partial charge in [0.25, 0.3) is 0 Å². The van der Waals surface area contributed by atoms with Crippen molar-refractivity contribution < 1.29 is 8.42 Å². The van der Waals surface area contributed by atoms with Gasteiger partial charge in [-0.2, -0.15) is 0 Å². The van der Waals surface area contributed by atoms with Crippen molar-refractivity contribution in [2.45, 2.75) is 43.4 Å². The fraction of sp³-hybridized carbons (Fsp3) is 0.647. The highest BCUT2D eigenvalue weighted by atomic mass is 32.2. The van der Waals surface area contributed by atoms with E-state index in [1.54, 1.807) is 24.3 Å². The third kappa shape index (κ3) is 2.54. The lowest BCUT2D eigenvalue weighted by atomic mass is 9.50. The van der Waals surface area contributed by atoms with E-state index in [0.717, 1.165) is 17.8 Å². The van der Waals surface area contributed by atoms with E-state index in [-0.39, 0.29) is 5.41 Å². The molecule has 1 aromatic carbocycles. The quantitative estimate of drug-likeness (QED) is 0.838. The van der Waals surface area contributed by atoms with E-state index in [0.29, 0.717) is 17.1 Å². The van der Waals surface area contributed by atoms with Gasteiger partial charge in [0, 0.05) is 12.2 Å². The SMILES string of the molecule is Nc1ccc(S(=O)(=O)NCC23CC4CC(CC(C4)C2)C3)cc1. The van der Waals surface area contributed by atoms with E-state index in [4.69, 9.17) is 5.73 Å². The third-order valence-corrected chi connectivity index (χ3v) is 7.41. The normalized spacial score (nSPS) is 36.6. The second-order valence-corrected chi connectivity index (χ2v) is 9.58. The lowest BCUT2D eigenvalue weighted by Crippen LogP contribution is -2.51. The minimum absolute atomic E-state index is 0.218. The van der Waals surface area contributed by atoms with Gasteiger partial charge >= 0.3 is 0 Å². The predicted molar refractivity (Wildman–Crippen MR) is 86.6 cm³/mol. The zero-order valence-corrected chi connectivity index (χ0v) is 13.6. The maximum Gasteiger partial charge on any atom is 0.240 e. The molecule has 4 nitrogen and oxygen atoms in total. The van der Waals surface area contributed by atoms with Crippen molar-refractivity contribution >= 4 is 15.7 Å². The summed E-state index contributed by atoms with van der Waals surface area (Å²) in [4.78, 5) is 0.312. The Morgan fingerprint density at radius 2 is 1.50 bits per heavy atom. The van der Waals surface area contributed by atoms with Crippen LogP contribution in [0.1, 0.15) is 38.5 Å². The molecule has 4 bridgehead atoms. The van der Waals surface area contributed by atoms with Gasteiger partial charge in [0.2, 0.25) is 10.0 Å². The molecule has 0 aliphatic heterocycles. The monoisotopic (exact) mass is 320 g/mol. The van der Waals surface area contributed by atoms with Gasteiger partial charge in [-0.1, -0.05) is 0 Å². The Bertz CT molecular complexity index is 631. The van der Waals surface area contributed by atoms with Gasteiger partial charge in [-0.3, -0.25) is 0 Å². The Morgan fingerprint density at radius 3 is 2.00 bits per heavy atom. The van der Waals surface area contributed by atoms with Crippen molar-refractivity contribution in [1.29, 1.82) is 0 Å². The summed E-state index contributed by atoms with van der Waals surface area (Å²) < 4.78 is 27.9. The van der Waals surface area contributed by atoms with Gasteiger partial charge in [0.05, 0.1) is 4.90 Å². The van der Waals surface area contributed by atoms with Crippen LogP contribution in [0.2, 0.25) is 0 Å². The van der Waals surface area contributed by atoms with E-state index in [1.165, 1.54) is 38.5 Å². The molecule has 0 heterocycles. The molecule has 0 amide bonds. The molecule has 0 saturated heterocycles. The number of sulfonamides is 1. The van der Waals surface area contributed by atoms with E-state index >= 15 is 0 Å². The van der Waals surface area contributed by atoms with E-state index in [9.17, 15) is 8.42 Å². The summed E-state index contributed by atoms with van der Waals surface area (Å²) in [5.41, 5.74) is 6.43. The number of benzene rings is 1. The summed E-state index contributed by atoms with van der Waals surface area (Å²) in [6, 6.07) is 6.44. The van der Waals surface area contributed by atoms with Crippen LogP contribution < -0.4 is 10.5 Å². The molecule has 4 saturated carbocycles. The van der Waals surface area contributed by atoms with Crippen LogP contribution >= 0.6 is 0 Å². The van der Waals surface area contributed by atoms with E-state index in [1.807, 2.05) is 0 Å². The summed E-state index contributed by atoms with van der Waals surface area (Å²) in [6.45, 7) is 0.600. The van der Waals surface area contributed by atoms with Crippen LogP contribution in [0.4, 0.5) is 5.69 Å². The molecule has 0 atom stereocenters. The topological polar surface area (TPSA) is 72.2 Å². The number of nitrogens with two attached hydrogens (primary N) is 1. The molecular formula is C17H24N2O2S. The van der Waals surface area contributed by atoms with Crippen molar-refractivity contribution in [1.82, 2.24) is 4.72 Å². The van der Waals surface area contributed by atoms with Gasteiger partial charge in [0.1, 0.15) is 0 Å². The average molecular weight is 320 g/mol. The van der Waals surface area contributed by atoms with E-state index in [2.05, 4.69) is 4.72 Å². The second kappa shape index (κ2) is 4.96. The summed E-state index contributed by atoms with van der Waals surface area (Å²) in [7, 11) is -3.43. The van der Waals surface area contributed by atoms with Gasteiger partial charge in [-0.15, -0.1) is 0 Å². The van der Waals surface area contributed by atoms with Crippen molar-refractivity contribution in [3.63, 3.8) is 0 Å². The molecule has 0 unspecified atom stereocenters. The molecular weight excluding hydrogens is 296 g/mol. The Kier molecular flexibility index (Phi) is 3.28. The second-order valence-electron chi connectivity index (χ2n) is 7.81. The number of rotatable bonds is 4. The van der Waals surface area contributed by atoms with E-state index < -0.39 is 10.0 Å². The maximum atomic E-state index is 12.5. The summed E-state index contributed by atoms with van der Waals surface area (Å²) in [6.07, 6.45) is 7.77. The van der Waals surface area contributed by atoms with Crippen molar-refractivity contribution in [2.75, 3.05) is 12.3 Å². The number of hydrogen-bond donors (Lipinski definition) is 2. The van der Waals surface area contributed by atoms with Gasteiger partial charge < -0.3 is 5.73 Å². The first-order valence-corrected chi connectivity index (χ1v) is 9.78. The van der Waals surface area contributed by atoms with Crippen LogP contribution in [0, 0.1) is 23.2 Å². The van der Waals surface area contributed by atoms with Crippen LogP contribution in [0.15, 0.2) is 29.2 Å². The fourth-order valence-corrected chi connectivity index (χ4v) is 6.64. The minimum Gasteiger partial charge on any atom is -0.399 e. The summed E-state index contributed by atoms with van der Waals surface area (Å²) in [5, 5.41) is 0. The molecule has 5 rings (SSSR count). The third-order valence-electron chi connectivity index (χ3n) is 5.99. The maximum absolute atomic E-state index is 12.5. The van der Waals surface area contributed by atoms with Crippen LogP contribution in [-0.2, 0) is 10.0 Å².